The van der Waals surface area contributed by atoms with Gasteiger partial charge in [-0.25, -0.2) is 0 Å². The Morgan fingerprint density at radius 1 is 0.710 bits per heavy atom. The van der Waals surface area contributed by atoms with Crippen molar-refractivity contribution < 1.29 is 14.2 Å². The Labute approximate surface area is 191 Å². The van der Waals surface area contributed by atoms with Crippen molar-refractivity contribution in [3.8, 4) is 5.75 Å². The van der Waals surface area contributed by atoms with E-state index in [0.717, 1.165) is 31.8 Å². The van der Waals surface area contributed by atoms with E-state index in [9.17, 15) is 0 Å². The van der Waals surface area contributed by atoms with Crippen molar-refractivity contribution in [2.75, 3.05) is 27.1 Å². The summed E-state index contributed by atoms with van der Waals surface area (Å²) in [6.07, 6.45) is 25.6. The van der Waals surface area contributed by atoms with Gasteiger partial charge in [0.1, 0.15) is 5.75 Å². The smallest absolute Gasteiger partial charge is 0.188 e. The van der Waals surface area contributed by atoms with E-state index in [2.05, 4.69) is 43.4 Å². The van der Waals surface area contributed by atoms with Crippen LogP contribution in [0.15, 0.2) is 48.6 Å². The van der Waals surface area contributed by atoms with Gasteiger partial charge in [0.2, 0.25) is 0 Å². The van der Waals surface area contributed by atoms with E-state index in [0.29, 0.717) is 0 Å². The molecule has 0 atom stereocenters. The van der Waals surface area contributed by atoms with Crippen molar-refractivity contribution in [1.82, 2.24) is 0 Å². The van der Waals surface area contributed by atoms with Gasteiger partial charge in [-0.2, -0.15) is 0 Å². The molecule has 31 heavy (non-hydrogen) atoms. The lowest BCUT2D eigenvalue weighted by atomic mass is 10.1. The number of hydrogen-bond donors (Lipinski definition) is 0. The Kier molecular flexibility index (Phi) is 19.2. The summed E-state index contributed by atoms with van der Waals surface area (Å²) in [5.74, 6) is 0.841. The summed E-state index contributed by atoms with van der Waals surface area (Å²) in [4.78, 5) is 0. The van der Waals surface area contributed by atoms with Crippen molar-refractivity contribution in [3.63, 3.8) is 0 Å². The van der Waals surface area contributed by atoms with Gasteiger partial charge in [-0.1, -0.05) is 81.9 Å². The highest BCUT2D eigenvalue weighted by molar-refractivity contribution is 5.27. The van der Waals surface area contributed by atoms with Gasteiger partial charge in [0, 0.05) is 13.7 Å². The van der Waals surface area contributed by atoms with E-state index in [1.807, 2.05) is 12.1 Å². The molecule has 0 saturated heterocycles. The lowest BCUT2D eigenvalue weighted by Gasteiger charge is -2.07. The molecule has 0 aromatic heterocycles. The Morgan fingerprint density at radius 3 is 2.03 bits per heavy atom. The van der Waals surface area contributed by atoms with Crippen molar-refractivity contribution in [2.45, 2.75) is 90.4 Å². The van der Waals surface area contributed by atoms with Crippen molar-refractivity contribution in [1.29, 1.82) is 0 Å². The molecule has 0 unspecified atom stereocenters. The summed E-state index contributed by atoms with van der Waals surface area (Å²) in [5, 5.41) is 0. The minimum atomic E-state index is 0.288. The molecule has 0 heterocycles. The molecule has 3 nitrogen and oxygen atoms in total. The molecule has 0 bridgehead atoms. The quantitative estimate of drug-likeness (QED) is 0.112. The average molecular weight is 431 g/mol. The summed E-state index contributed by atoms with van der Waals surface area (Å²) in [7, 11) is 1.63. The number of methoxy groups -OCH3 is 1. The van der Waals surface area contributed by atoms with Gasteiger partial charge in [-0.3, -0.25) is 0 Å². The maximum Gasteiger partial charge on any atom is 0.188 e. The maximum atomic E-state index is 5.79. The third-order valence-electron chi connectivity index (χ3n) is 5.29. The summed E-state index contributed by atoms with van der Waals surface area (Å²) in [6.45, 7) is 4.21. The van der Waals surface area contributed by atoms with Gasteiger partial charge in [0.05, 0.1) is 6.61 Å². The minimum Gasteiger partial charge on any atom is -0.468 e. The second kappa shape index (κ2) is 21.6. The van der Waals surface area contributed by atoms with E-state index in [4.69, 9.17) is 14.2 Å². The second-order valence-corrected chi connectivity index (χ2v) is 8.14. The van der Waals surface area contributed by atoms with E-state index in [1.165, 1.54) is 76.2 Å². The Hall–Kier alpha value is -1.58. The minimum absolute atomic E-state index is 0.288. The fourth-order valence-electron chi connectivity index (χ4n) is 3.36. The zero-order valence-electron chi connectivity index (χ0n) is 20.2. The van der Waals surface area contributed by atoms with Crippen LogP contribution in [0.2, 0.25) is 0 Å². The Bertz CT molecular complexity index is 548. The van der Waals surface area contributed by atoms with Crippen molar-refractivity contribution >= 4 is 0 Å². The number of rotatable bonds is 21. The normalized spacial score (nSPS) is 11.7. The fourth-order valence-corrected chi connectivity index (χ4v) is 3.36. The lowest BCUT2D eigenvalue weighted by Crippen LogP contribution is -2.01. The molecule has 1 aromatic carbocycles. The summed E-state index contributed by atoms with van der Waals surface area (Å²) in [5.41, 5.74) is 1.28. The topological polar surface area (TPSA) is 27.7 Å². The second-order valence-electron chi connectivity index (χ2n) is 8.14. The predicted molar refractivity (Wildman–Crippen MR) is 133 cm³/mol. The number of benzene rings is 1. The predicted octanol–water partition coefficient (Wildman–Crippen LogP) is 8.04. The van der Waals surface area contributed by atoms with Crippen LogP contribution in [0.4, 0.5) is 0 Å². The zero-order valence-corrected chi connectivity index (χ0v) is 20.2. The lowest BCUT2D eigenvalue weighted by molar-refractivity contribution is 0.0511. The van der Waals surface area contributed by atoms with Gasteiger partial charge in [-0.15, -0.1) is 0 Å². The van der Waals surface area contributed by atoms with Crippen LogP contribution >= 0.6 is 0 Å². The number of ether oxygens (including phenoxy) is 3. The summed E-state index contributed by atoms with van der Waals surface area (Å²) >= 11 is 0. The van der Waals surface area contributed by atoms with Crippen LogP contribution in [0.25, 0.3) is 0 Å². The van der Waals surface area contributed by atoms with E-state index >= 15 is 0 Å². The molecule has 0 spiro atoms. The first-order valence-corrected chi connectivity index (χ1v) is 12.4. The molecule has 0 fully saturated rings. The highest BCUT2D eigenvalue weighted by Gasteiger charge is 1.97. The first-order valence-electron chi connectivity index (χ1n) is 12.4. The Morgan fingerprint density at radius 2 is 1.35 bits per heavy atom. The first kappa shape index (κ1) is 27.5. The number of hydrogen-bond acceptors (Lipinski definition) is 3. The first-order chi connectivity index (χ1) is 15.4. The molecule has 0 N–H and O–H groups in total. The number of unbranched alkanes of at least 4 members (excludes halogenated alkanes) is 9. The van der Waals surface area contributed by atoms with Crippen molar-refractivity contribution in [2.24, 2.45) is 0 Å². The van der Waals surface area contributed by atoms with Crippen LogP contribution in [0, 0.1) is 0 Å². The van der Waals surface area contributed by atoms with Crippen LogP contribution in [0.1, 0.15) is 89.5 Å². The fraction of sp³-hybridized carbons (Fsp3) is 0.643. The molecule has 1 rings (SSSR count). The molecule has 1 aromatic rings. The average Bonchev–Trinajstić information content (AvgIpc) is 2.80. The molecule has 176 valence electrons. The molecule has 0 aliphatic heterocycles. The van der Waals surface area contributed by atoms with Crippen LogP contribution in [-0.4, -0.2) is 27.1 Å². The van der Waals surface area contributed by atoms with Gasteiger partial charge in [-0.05, 0) is 62.6 Å². The van der Waals surface area contributed by atoms with E-state index < -0.39 is 0 Å². The largest absolute Gasteiger partial charge is 0.468 e. The molecule has 0 radical (unpaired) electrons. The maximum absolute atomic E-state index is 5.79. The molecule has 3 heteroatoms. The van der Waals surface area contributed by atoms with Crippen LogP contribution < -0.4 is 4.74 Å². The van der Waals surface area contributed by atoms with Crippen LogP contribution in [0.5, 0.6) is 5.75 Å². The van der Waals surface area contributed by atoms with Crippen LogP contribution in [-0.2, 0) is 15.9 Å². The Balaban J connectivity index is 1.83. The molecule has 0 aliphatic carbocycles. The molecule has 0 saturated carbocycles. The van der Waals surface area contributed by atoms with Crippen LogP contribution in [0.3, 0.4) is 0 Å². The molecular formula is C28H46O3. The highest BCUT2D eigenvalue weighted by Crippen LogP contribution is 2.13. The SMILES string of the molecule is CCCCC/C=C\C/C=C\CCCCCCCCOCCc1ccc(OCOC)cc1. The van der Waals surface area contributed by atoms with Gasteiger partial charge >= 0.3 is 0 Å². The van der Waals surface area contributed by atoms with E-state index in [1.54, 1.807) is 7.11 Å². The molecular weight excluding hydrogens is 384 g/mol. The van der Waals surface area contributed by atoms with Gasteiger partial charge in [0.15, 0.2) is 6.79 Å². The zero-order chi connectivity index (χ0) is 22.2. The summed E-state index contributed by atoms with van der Waals surface area (Å²) in [6, 6.07) is 8.15. The molecule has 0 aliphatic rings. The third-order valence-corrected chi connectivity index (χ3v) is 5.29. The van der Waals surface area contributed by atoms with Gasteiger partial charge in [0.25, 0.3) is 0 Å². The van der Waals surface area contributed by atoms with E-state index in [-0.39, 0.29) is 6.79 Å². The highest BCUT2D eigenvalue weighted by atomic mass is 16.7. The third kappa shape index (κ3) is 17.8. The van der Waals surface area contributed by atoms with Gasteiger partial charge < -0.3 is 14.2 Å². The molecule has 0 amide bonds. The summed E-state index contributed by atoms with van der Waals surface area (Å²) < 4.78 is 16.1. The standard InChI is InChI=1S/C28H46O3/c1-3-4-5-6-7-8-9-10-11-12-13-14-15-16-17-18-24-30-25-23-27-19-21-28(22-20-27)31-26-29-2/h7-8,10-11,19-22H,3-6,9,12-18,23-26H2,1-2H3/b8-7-,11-10-. The van der Waals surface area contributed by atoms with Crippen molar-refractivity contribution in [3.05, 3.63) is 54.1 Å². The monoisotopic (exact) mass is 430 g/mol. The number of allylic oxidation sites excluding steroid dienone is 4.